The Morgan fingerprint density at radius 2 is 2.27 bits per heavy atom. The molecular weight excluding hydrogens is 374 g/mol. The van der Waals surface area contributed by atoms with Gasteiger partial charge >= 0.3 is 0 Å². The van der Waals surface area contributed by atoms with Gasteiger partial charge in [0.25, 0.3) is 0 Å². The minimum absolute atomic E-state index is 0.129. The van der Waals surface area contributed by atoms with E-state index in [1.54, 1.807) is 6.07 Å². The number of aliphatic hydroxyl groups excluding tert-OH is 2. The van der Waals surface area contributed by atoms with Crippen molar-refractivity contribution in [3.05, 3.63) is 28.8 Å². The van der Waals surface area contributed by atoms with E-state index in [2.05, 4.69) is 21.5 Å². The molecule has 1 aromatic carbocycles. The maximum atomic E-state index is 12.4. The number of nitrogens with zero attached hydrogens (tertiary/aromatic N) is 1. The molecule has 1 aliphatic heterocycles. The molecule has 0 spiro atoms. The van der Waals surface area contributed by atoms with Gasteiger partial charge in [-0.1, -0.05) is 35.3 Å². The number of halogens is 1. The maximum absolute atomic E-state index is 12.4. The summed E-state index contributed by atoms with van der Waals surface area (Å²) in [7, 11) is 0. The zero-order valence-corrected chi connectivity index (χ0v) is 15.7. The smallest absolute Gasteiger partial charge is 0.225 e. The molecule has 6 nitrogen and oxygen atoms in total. The van der Waals surface area contributed by atoms with Crippen LogP contribution in [0, 0.1) is 25.2 Å². The standard InChI is InChI=1S/C18H20ClN3O3S/c1-3-6-20-17(25)11-8-13(23)15(24)14-16(11)26-18(22-14)21-10-5-4-9(2)12(19)7-10/h1,4-5,7,11,13-16,23-24H,6,8H2,2H3,(H,20,25)(H,21,22)/t11-,13+,14-,15-,16+/m0/s1. The molecule has 0 unspecified atom stereocenters. The summed E-state index contributed by atoms with van der Waals surface area (Å²) in [5.41, 5.74) is 1.74. The van der Waals surface area contributed by atoms with Crippen molar-refractivity contribution in [1.82, 2.24) is 5.32 Å². The summed E-state index contributed by atoms with van der Waals surface area (Å²) in [6.45, 7) is 2.05. The predicted octanol–water partition coefficient (Wildman–Crippen LogP) is 1.39. The number of amidine groups is 1. The largest absolute Gasteiger partial charge is 0.390 e. The molecule has 1 aliphatic carbocycles. The van der Waals surface area contributed by atoms with E-state index in [9.17, 15) is 15.0 Å². The average Bonchev–Trinajstić information content (AvgIpc) is 3.03. The van der Waals surface area contributed by atoms with Gasteiger partial charge in [-0.2, -0.15) is 0 Å². The highest BCUT2D eigenvalue weighted by Crippen LogP contribution is 2.41. The zero-order valence-electron chi connectivity index (χ0n) is 14.1. The van der Waals surface area contributed by atoms with Crippen molar-refractivity contribution in [3.63, 3.8) is 0 Å². The molecule has 3 rings (SSSR count). The molecule has 1 fully saturated rings. The number of benzene rings is 1. The lowest BCUT2D eigenvalue weighted by molar-refractivity contribution is -0.129. The number of rotatable bonds is 3. The zero-order chi connectivity index (χ0) is 18.8. The number of carbonyl (C=O) groups excluding carboxylic acids is 1. The van der Waals surface area contributed by atoms with Gasteiger partial charge in [0.1, 0.15) is 6.10 Å². The van der Waals surface area contributed by atoms with Crippen molar-refractivity contribution in [2.75, 3.05) is 11.9 Å². The molecule has 5 atom stereocenters. The molecule has 1 heterocycles. The van der Waals surface area contributed by atoms with Crippen LogP contribution in [0.25, 0.3) is 0 Å². The Labute approximate surface area is 161 Å². The summed E-state index contributed by atoms with van der Waals surface area (Å²) in [4.78, 5) is 16.9. The fourth-order valence-electron chi connectivity index (χ4n) is 3.17. The number of aliphatic hydroxyl groups is 2. The third-order valence-electron chi connectivity index (χ3n) is 4.61. The van der Waals surface area contributed by atoms with Gasteiger partial charge in [0.15, 0.2) is 5.17 Å². The minimum atomic E-state index is -1.01. The number of terminal acetylenes is 1. The third-order valence-corrected chi connectivity index (χ3v) is 6.33. The van der Waals surface area contributed by atoms with Crippen LogP contribution in [0.5, 0.6) is 0 Å². The maximum Gasteiger partial charge on any atom is 0.225 e. The molecule has 138 valence electrons. The van der Waals surface area contributed by atoms with E-state index in [0.717, 1.165) is 11.3 Å². The normalized spacial score (nSPS) is 30.1. The number of carbonyl (C=O) groups is 1. The van der Waals surface area contributed by atoms with Crippen molar-refractivity contribution in [2.24, 2.45) is 10.9 Å². The van der Waals surface area contributed by atoms with E-state index in [0.29, 0.717) is 10.2 Å². The van der Waals surface area contributed by atoms with Gasteiger partial charge in [-0.25, -0.2) is 0 Å². The number of aliphatic imine (C=N–C) groups is 1. The highest BCUT2D eigenvalue weighted by atomic mass is 35.5. The summed E-state index contributed by atoms with van der Waals surface area (Å²) >= 11 is 7.54. The van der Waals surface area contributed by atoms with Gasteiger partial charge < -0.3 is 20.8 Å². The molecule has 0 aromatic heterocycles. The van der Waals surface area contributed by atoms with Crippen LogP contribution in [0.2, 0.25) is 5.02 Å². The number of hydrogen-bond acceptors (Lipinski definition) is 6. The molecule has 1 aromatic rings. The fourth-order valence-corrected chi connectivity index (χ4v) is 4.73. The first-order valence-corrected chi connectivity index (χ1v) is 9.51. The van der Waals surface area contributed by atoms with E-state index in [4.69, 9.17) is 18.0 Å². The number of fused-ring (bicyclic) bond motifs is 1. The lowest BCUT2D eigenvalue weighted by Crippen LogP contribution is -2.54. The molecule has 26 heavy (non-hydrogen) atoms. The summed E-state index contributed by atoms with van der Waals surface area (Å²) in [6.07, 6.45) is 3.35. The number of amides is 1. The van der Waals surface area contributed by atoms with Crippen LogP contribution >= 0.6 is 23.4 Å². The van der Waals surface area contributed by atoms with Gasteiger partial charge in [-0.3, -0.25) is 9.79 Å². The fraction of sp³-hybridized carbons (Fsp3) is 0.444. The van der Waals surface area contributed by atoms with Crippen LogP contribution in [0.3, 0.4) is 0 Å². The van der Waals surface area contributed by atoms with E-state index >= 15 is 0 Å². The van der Waals surface area contributed by atoms with Crippen LogP contribution in [0.1, 0.15) is 12.0 Å². The first-order chi connectivity index (χ1) is 12.4. The monoisotopic (exact) mass is 393 g/mol. The Balaban J connectivity index is 1.77. The van der Waals surface area contributed by atoms with Crippen molar-refractivity contribution in [3.8, 4) is 12.3 Å². The topological polar surface area (TPSA) is 94.0 Å². The minimum Gasteiger partial charge on any atom is -0.390 e. The highest BCUT2D eigenvalue weighted by molar-refractivity contribution is 8.15. The van der Waals surface area contributed by atoms with Gasteiger partial charge in [0.05, 0.1) is 24.6 Å². The van der Waals surface area contributed by atoms with Gasteiger partial charge in [-0.05, 0) is 31.0 Å². The molecule has 8 heteroatoms. The van der Waals surface area contributed by atoms with Crippen molar-refractivity contribution in [2.45, 2.75) is 36.8 Å². The molecule has 0 saturated heterocycles. The molecule has 4 N–H and O–H groups in total. The highest BCUT2D eigenvalue weighted by Gasteiger charge is 2.50. The third kappa shape index (κ3) is 3.84. The summed E-state index contributed by atoms with van der Waals surface area (Å²) in [6, 6.07) is 5.01. The number of hydrogen-bond donors (Lipinski definition) is 4. The number of nitrogens with one attached hydrogen (secondary N) is 2. The summed E-state index contributed by atoms with van der Waals surface area (Å²) < 4.78 is 0. The second-order valence-corrected chi connectivity index (χ2v) is 7.99. The molecule has 1 amide bonds. The van der Waals surface area contributed by atoms with Crippen LogP contribution in [0.4, 0.5) is 5.69 Å². The quantitative estimate of drug-likeness (QED) is 0.582. The molecule has 2 aliphatic rings. The second-order valence-electron chi connectivity index (χ2n) is 6.42. The summed E-state index contributed by atoms with van der Waals surface area (Å²) in [5.74, 6) is 1.65. The first kappa shape index (κ1) is 19.1. The number of anilines is 1. The number of thioether (sulfide) groups is 1. The Hall–Kier alpha value is -1.72. The predicted molar refractivity (Wildman–Crippen MR) is 104 cm³/mol. The van der Waals surface area contributed by atoms with Crippen molar-refractivity contribution < 1.29 is 15.0 Å². The van der Waals surface area contributed by atoms with Crippen LogP contribution in [0.15, 0.2) is 23.2 Å². The Bertz CT molecular complexity index is 779. The van der Waals surface area contributed by atoms with Crippen molar-refractivity contribution in [1.29, 1.82) is 0 Å². The molecule has 0 radical (unpaired) electrons. The molecular formula is C18H20ClN3O3S. The summed E-state index contributed by atoms with van der Waals surface area (Å²) in [5, 5.41) is 27.2. The Kier molecular flexibility index (Phi) is 5.78. The van der Waals surface area contributed by atoms with E-state index < -0.39 is 24.2 Å². The van der Waals surface area contributed by atoms with E-state index in [-0.39, 0.29) is 24.1 Å². The Morgan fingerprint density at radius 1 is 1.50 bits per heavy atom. The molecule has 1 saturated carbocycles. The van der Waals surface area contributed by atoms with Gasteiger partial charge in [0.2, 0.25) is 5.91 Å². The molecule has 0 bridgehead atoms. The van der Waals surface area contributed by atoms with Crippen LogP contribution < -0.4 is 10.6 Å². The van der Waals surface area contributed by atoms with E-state index in [1.807, 2.05) is 19.1 Å². The first-order valence-electron chi connectivity index (χ1n) is 8.25. The van der Waals surface area contributed by atoms with Gasteiger partial charge in [-0.15, -0.1) is 6.42 Å². The Morgan fingerprint density at radius 3 is 2.96 bits per heavy atom. The van der Waals surface area contributed by atoms with Crippen LogP contribution in [-0.2, 0) is 4.79 Å². The average molecular weight is 394 g/mol. The second kappa shape index (κ2) is 7.89. The lowest BCUT2D eigenvalue weighted by atomic mass is 9.81. The van der Waals surface area contributed by atoms with Crippen molar-refractivity contribution >= 4 is 40.1 Å². The lowest BCUT2D eigenvalue weighted by Gasteiger charge is -2.37. The van der Waals surface area contributed by atoms with E-state index in [1.165, 1.54) is 11.8 Å². The SMILES string of the molecule is C#CCNC(=O)[C@H]1C[C@@H](O)[C@H](O)[C@@H]2N=C(Nc3ccc(C)c(Cl)c3)S[C@@H]21. The van der Waals surface area contributed by atoms with Gasteiger partial charge in [0, 0.05) is 16.0 Å². The number of aryl methyl sites for hydroxylation is 1. The van der Waals surface area contributed by atoms with Crippen LogP contribution in [-0.4, -0.2) is 51.3 Å².